The summed E-state index contributed by atoms with van der Waals surface area (Å²) in [4.78, 5) is 11.0. The van der Waals surface area contributed by atoms with Gasteiger partial charge in [-0.3, -0.25) is 4.79 Å². The smallest absolute Gasteiger partial charge is 0.263 e. The largest absolute Gasteiger partial charge is 0.325 e. The van der Waals surface area contributed by atoms with Crippen LogP contribution in [0.4, 0.5) is 14.5 Å². The molecule has 0 fully saturated rings. The van der Waals surface area contributed by atoms with E-state index in [0.717, 1.165) is 6.07 Å². The summed E-state index contributed by atoms with van der Waals surface area (Å²) in [5, 5.41) is 2.63. The number of alkyl halides is 2. The fourth-order valence-electron chi connectivity index (χ4n) is 1.01. The Kier molecular flexibility index (Phi) is 4.03. The molecule has 15 heavy (non-hydrogen) atoms. The topological polar surface area (TPSA) is 29.1 Å². The monoisotopic (exact) mass is 233 g/mol. The second kappa shape index (κ2) is 5.07. The number of hydrogen-bond acceptors (Lipinski definition) is 1. The Balaban J connectivity index is 2.88. The Hall–Kier alpha value is -1.16. The Morgan fingerprint density at radius 2 is 2.20 bits per heavy atom. The number of carbonyl (C=O) groups is 1. The van der Waals surface area contributed by atoms with Gasteiger partial charge in [-0.1, -0.05) is 24.6 Å². The molecule has 0 aliphatic heterocycles. The van der Waals surface area contributed by atoms with Gasteiger partial charge in [0.25, 0.3) is 6.43 Å². The van der Waals surface area contributed by atoms with Gasteiger partial charge in [0.15, 0.2) is 0 Å². The van der Waals surface area contributed by atoms with Crippen molar-refractivity contribution in [2.24, 2.45) is 0 Å². The Morgan fingerprint density at radius 3 is 2.67 bits per heavy atom. The van der Waals surface area contributed by atoms with Crippen molar-refractivity contribution in [3.05, 3.63) is 28.8 Å². The normalized spacial score (nSPS) is 10.5. The minimum absolute atomic E-state index is 0.120. The van der Waals surface area contributed by atoms with E-state index in [9.17, 15) is 13.6 Å². The molecular formula is C10H10ClF2NO. The number of carbonyl (C=O) groups excluding carboxylic acids is 1. The average molecular weight is 234 g/mol. The zero-order valence-electron chi connectivity index (χ0n) is 8.06. The van der Waals surface area contributed by atoms with Crippen LogP contribution in [0.5, 0.6) is 0 Å². The molecule has 0 atom stereocenters. The first-order chi connectivity index (χ1) is 7.04. The highest BCUT2D eigenvalue weighted by molar-refractivity contribution is 6.33. The lowest BCUT2D eigenvalue weighted by Crippen LogP contribution is -2.09. The van der Waals surface area contributed by atoms with Crippen molar-refractivity contribution >= 4 is 23.2 Å². The molecule has 0 aromatic heterocycles. The molecule has 1 aromatic carbocycles. The third kappa shape index (κ3) is 3.16. The molecule has 0 heterocycles. The van der Waals surface area contributed by atoms with Gasteiger partial charge in [-0.05, 0) is 12.1 Å². The summed E-state index contributed by atoms with van der Waals surface area (Å²) in [6.07, 6.45) is -2.24. The first-order valence-electron chi connectivity index (χ1n) is 4.42. The quantitative estimate of drug-likeness (QED) is 0.849. The van der Waals surface area contributed by atoms with Gasteiger partial charge in [-0.25, -0.2) is 8.78 Å². The Labute approximate surface area is 91.2 Å². The summed E-state index contributed by atoms with van der Waals surface area (Å²) in [6.45, 7) is 1.69. The van der Waals surface area contributed by atoms with Crippen LogP contribution in [0.1, 0.15) is 25.3 Å². The molecule has 0 saturated heterocycles. The number of nitrogens with one attached hydrogen (secondary N) is 1. The second-order valence-electron chi connectivity index (χ2n) is 2.94. The molecule has 1 rings (SSSR count). The SMILES string of the molecule is CCC(=O)Nc1ccc(C(F)F)cc1Cl. The molecule has 0 aliphatic carbocycles. The molecule has 0 spiro atoms. The van der Waals surface area contributed by atoms with Gasteiger partial charge in [0.1, 0.15) is 0 Å². The highest BCUT2D eigenvalue weighted by Gasteiger charge is 2.10. The van der Waals surface area contributed by atoms with E-state index in [0.29, 0.717) is 12.1 Å². The molecule has 0 aliphatic rings. The van der Waals surface area contributed by atoms with E-state index in [1.807, 2.05) is 0 Å². The maximum absolute atomic E-state index is 12.3. The van der Waals surface area contributed by atoms with Crippen molar-refractivity contribution in [2.75, 3.05) is 5.32 Å². The van der Waals surface area contributed by atoms with Crippen LogP contribution in [0.15, 0.2) is 18.2 Å². The summed E-state index contributed by atoms with van der Waals surface area (Å²) in [5.74, 6) is -0.207. The van der Waals surface area contributed by atoms with Crippen molar-refractivity contribution in [3.8, 4) is 0 Å². The minimum atomic E-state index is -2.56. The maximum Gasteiger partial charge on any atom is 0.263 e. The lowest BCUT2D eigenvalue weighted by atomic mass is 10.2. The average Bonchev–Trinajstić information content (AvgIpc) is 2.20. The predicted molar refractivity (Wildman–Crippen MR) is 55.3 cm³/mol. The number of anilines is 1. The van der Waals surface area contributed by atoms with Crippen LogP contribution in [0, 0.1) is 0 Å². The van der Waals surface area contributed by atoms with Crippen LogP contribution in [-0.4, -0.2) is 5.91 Å². The molecule has 1 amide bonds. The van der Waals surface area contributed by atoms with Crippen molar-refractivity contribution in [1.82, 2.24) is 0 Å². The summed E-state index contributed by atoms with van der Waals surface area (Å²) < 4.78 is 24.5. The molecule has 0 saturated carbocycles. The Bertz CT molecular complexity index is 368. The van der Waals surface area contributed by atoms with E-state index in [1.165, 1.54) is 12.1 Å². The molecule has 0 bridgehead atoms. The van der Waals surface area contributed by atoms with E-state index in [1.54, 1.807) is 6.92 Å². The number of hydrogen-bond donors (Lipinski definition) is 1. The highest BCUT2D eigenvalue weighted by atomic mass is 35.5. The fraction of sp³-hybridized carbons (Fsp3) is 0.300. The van der Waals surface area contributed by atoms with Gasteiger partial charge in [-0.15, -0.1) is 0 Å². The van der Waals surface area contributed by atoms with E-state index >= 15 is 0 Å². The highest BCUT2D eigenvalue weighted by Crippen LogP contribution is 2.28. The summed E-state index contributed by atoms with van der Waals surface area (Å²) in [7, 11) is 0. The first kappa shape index (κ1) is 11.9. The molecule has 1 aromatic rings. The van der Waals surface area contributed by atoms with Crippen LogP contribution in [0.3, 0.4) is 0 Å². The first-order valence-corrected chi connectivity index (χ1v) is 4.79. The zero-order valence-corrected chi connectivity index (χ0v) is 8.81. The van der Waals surface area contributed by atoms with E-state index in [4.69, 9.17) is 11.6 Å². The van der Waals surface area contributed by atoms with E-state index < -0.39 is 6.43 Å². The van der Waals surface area contributed by atoms with Gasteiger partial charge < -0.3 is 5.32 Å². The lowest BCUT2D eigenvalue weighted by molar-refractivity contribution is -0.115. The number of halogens is 3. The minimum Gasteiger partial charge on any atom is -0.325 e. The maximum atomic E-state index is 12.3. The lowest BCUT2D eigenvalue weighted by Gasteiger charge is -2.07. The number of benzene rings is 1. The van der Waals surface area contributed by atoms with Gasteiger partial charge in [-0.2, -0.15) is 0 Å². The third-order valence-electron chi connectivity index (χ3n) is 1.84. The fourth-order valence-corrected chi connectivity index (χ4v) is 1.24. The van der Waals surface area contributed by atoms with E-state index in [2.05, 4.69) is 5.32 Å². The van der Waals surface area contributed by atoms with Crippen LogP contribution in [0.25, 0.3) is 0 Å². The number of rotatable bonds is 3. The van der Waals surface area contributed by atoms with Crippen molar-refractivity contribution in [2.45, 2.75) is 19.8 Å². The summed E-state index contributed by atoms with van der Waals surface area (Å²) in [6, 6.07) is 3.76. The molecule has 5 heteroatoms. The standard InChI is InChI=1S/C10H10ClF2NO/c1-2-9(15)14-8-4-3-6(10(12)13)5-7(8)11/h3-5,10H,2H2,1H3,(H,14,15). The van der Waals surface area contributed by atoms with E-state index in [-0.39, 0.29) is 16.5 Å². The van der Waals surface area contributed by atoms with Crippen molar-refractivity contribution in [3.63, 3.8) is 0 Å². The van der Waals surface area contributed by atoms with Crippen LogP contribution in [0.2, 0.25) is 5.02 Å². The van der Waals surface area contributed by atoms with Gasteiger partial charge in [0, 0.05) is 12.0 Å². The third-order valence-corrected chi connectivity index (χ3v) is 2.15. The molecule has 0 unspecified atom stereocenters. The molecule has 82 valence electrons. The molecule has 2 nitrogen and oxygen atoms in total. The van der Waals surface area contributed by atoms with Gasteiger partial charge >= 0.3 is 0 Å². The van der Waals surface area contributed by atoms with Crippen LogP contribution < -0.4 is 5.32 Å². The second-order valence-corrected chi connectivity index (χ2v) is 3.35. The van der Waals surface area contributed by atoms with Gasteiger partial charge in [0.05, 0.1) is 10.7 Å². The molecular weight excluding hydrogens is 224 g/mol. The van der Waals surface area contributed by atoms with Crippen molar-refractivity contribution < 1.29 is 13.6 Å². The van der Waals surface area contributed by atoms with Gasteiger partial charge in [0.2, 0.25) is 5.91 Å². The number of amides is 1. The molecule has 1 N–H and O–H groups in total. The molecule has 0 radical (unpaired) electrons. The Morgan fingerprint density at radius 1 is 1.53 bits per heavy atom. The summed E-state index contributed by atoms with van der Waals surface area (Å²) >= 11 is 5.73. The van der Waals surface area contributed by atoms with Crippen molar-refractivity contribution in [1.29, 1.82) is 0 Å². The summed E-state index contributed by atoms with van der Waals surface area (Å²) in [5.41, 5.74) is 0.197. The van der Waals surface area contributed by atoms with Crippen LogP contribution >= 0.6 is 11.6 Å². The predicted octanol–water partition coefficient (Wildman–Crippen LogP) is 3.63. The van der Waals surface area contributed by atoms with Crippen LogP contribution in [-0.2, 0) is 4.79 Å². The zero-order chi connectivity index (χ0) is 11.4.